The van der Waals surface area contributed by atoms with Gasteiger partial charge in [-0.05, 0) is 29.6 Å². The van der Waals surface area contributed by atoms with Crippen LogP contribution in [0.5, 0.6) is 0 Å². The van der Waals surface area contributed by atoms with Gasteiger partial charge in [-0.15, -0.1) is 11.3 Å². The van der Waals surface area contributed by atoms with Gasteiger partial charge in [-0.2, -0.15) is 18.4 Å². The van der Waals surface area contributed by atoms with Crippen LogP contribution in [0, 0.1) is 11.3 Å². The average molecular weight is 296 g/mol. The molecule has 0 saturated carbocycles. The fourth-order valence-electron chi connectivity index (χ4n) is 1.83. The Morgan fingerprint density at radius 3 is 2.60 bits per heavy atom. The molecule has 1 aromatic carbocycles. The van der Waals surface area contributed by atoms with Crippen molar-refractivity contribution in [3.63, 3.8) is 0 Å². The molecule has 0 fully saturated rings. The summed E-state index contributed by atoms with van der Waals surface area (Å²) >= 11 is 1.55. The smallest absolute Gasteiger partial charge is 0.369 e. The van der Waals surface area contributed by atoms with Crippen LogP contribution in [-0.2, 0) is 12.7 Å². The fourth-order valence-corrected chi connectivity index (χ4v) is 2.59. The number of thiophene rings is 1. The molecule has 0 saturated heterocycles. The molecule has 6 heteroatoms. The van der Waals surface area contributed by atoms with Crippen molar-refractivity contribution in [3.8, 4) is 6.07 Å². The molecule has 1 aromatic heterocycles. The number of anilines is 1. The molecule has 0 atom stereocenters. The van der Waals surface area contributed by atoms with Crippen LogP contribution in [0.4, 0.5) is 18.9 Å². The molecular weight excluding hydrogens is 285 g/mol. The summed E-state index contributed by atoms with van der Waals surface area (Å²) < 4.78 is 38.7. The Balaban J connectivity index is 2.31. The summed E-state index contributed by atoms with van der Waals surface area (Å²) in [7, 11) is 1.72. The van der Waals surface area contributed by atoms with Gasteiger partial charge in [0.2, 0.25) is 0 Å². The van der Waals surface area contributed by atoms with E-state index >= 15 is 0 Å². The summed E-state index contributed by atoms with van der Waals surface area (Å²) in [5.74, 6) is 0. The van der Waals surface area contributed by atoms with Crippen LogP contribution in [0.15, 0.2) is 35.7 Å². The van der Waals surface area contributed by atoms with E-state index in [1.807, 2.05) is 17.5 Å². The maximum Gasteiger partial charge on any atom is 0.417 e. The maximum atomic E-state index is 12.9. The van der Waals surface area contributed by atoms with Gasteiger partial charge >= 0.3 is 6.18 Å². The van der Waals surface area contributed by atoms with Gasteiger partial charge in [0.05, 0.1) is 23.7 Å². The Bertz CT molecular complexity index is 627. The van der Waals surface area contributed by atoms with Gasteiger partial charge in [-0.1, -0.05) is 6.07 Å². The zero-order valence-corrected chi connectivity index (χ0v) is 11.4. The first-order valence-electron chi connectivity index (χ1n) is 5.76. The number of alkyl halides is 3. The standard InChI is InChI=1S/C14H11F3N2S/c1-19(9-12-3-2-6-20-12)11-5-4-10(8-18)13(7-11)14(15,16)17/h2-7H,9H2,1H3. The van der Waals surface area contributed by atoms with E-state index in [1.165, 1.54) is 12.1 Å². The lowest BCUT2D eigenvalue weighted by atomic mass is 10.1. The minimum absolute atomic E-state index is 0.356. The van der Waals surface area contributed by atoms with E-state index in [-0.39, 0.29) is 5.56 Å². The highest BCUT2D eigenvalue weighted by Crippen LogP contribution is 2.34. The van der Waals surface area contributed by atoms with Crippen molar-refractivity contribution >= 4 is 17.0 Å². The molecule has 2 nitrogen and oxygen atoms in total. The predicted octanol–water partition coefficient (Wildman–Crippen LogP) is 4.27. The molecule has 0 spiro atoms. The first-order chi connectivity index (χ1) is 9.41. The minimum Gasteiger partial charge on any atom is -0.369 e. The lowest BCUT2D eigenvalue weighted by Gasteiger charge is -2.20. The van der Waals surface area contributed by atoms with Gasteiger partial charge in [0.15, 0.2) is 0 Å². The van der Waals surface area contributed by atoms with E-state index < -0.39 is 11.7 Å². The SMILES string of the molecule is CN(Cc1cccs1)c1ccc(C#N)c(C(F)(F)F)c1. The molecule has 0 bridgehead atoms. The van der Waals surface area contributed by atoms with Crippen molar-refractivity contribution in [1.82, 2.24) is 0 Å². The van der Waals surface area contributed by atoms with Crippen LogP contribution in [-0.4, -0.2) is 7.05 Å². The molecule has 1 heterocycles. The van der Waals surface area contributed by atoms with E-state index in [0.29, 0.717) is 12.2 Å². The van der Waals surface area contributed by atoms with Crippen molar-refractivity contribution in [3.05, 3.63) is 51.7 Å². The third-order valence-electron chi connectivity index (χ3n) is 2.84. The van der Waals surface area contributed by atoms with Crippen LogP contribution < -0.4 is 4.90 Å². The van der Waals surface area contributed by atoms with Crippen LogP contribution in [0.25, 0.3) is 0 Å². The van der Waals surface area contributed by atoms with Crippen LogP contribution in [0.3, 0.4) is 0 Å². The highest BCUT2D eigenvalue weighted by atomic mass is 32.1. The van der Waals surface area contributed by atoms with Gasteiger partial charge in [0.1, 0.15) is 0 Å². The number of benzene rings is 1. The quantitative estimate of drug-likeness (QED) is 0.845. The molecular formula is C14H11F3N2S. The van der Waals surface area contributed by atoms with Crippen molar-refractivity contribution in [2.45, 2.75) is 12.7 Å². The normalized spacial score (nSPS) is 11.2. The van der Waals surface area contributed by atoms with Gasteiger partial charge < -0.3 is 4.90 Å². The number of hydrogen-bond donors (Lipinski definition) is 0. The molecule has 0 aliphatic rings. The van der Waals surface area contributed by atoms with E-state index in [9.17, 15) is 13.2 Å². The summed E-state index contributed by atoms with van der Waals surface area (Å²) in [6.07, 6.45) is -4.52. The lowest BCUT2D eigenvalue weighted by molar-refractivity contribution is -0.137. The van der Waals surface area contributed by atoms with Crippen molar-refractivity contribution in [2.24, 2.45) is 0 Å². The second-order valence-corrected chi connectivity index (χ2v) is 5.31. The summed E-state index contributed by atoms with van der Waals surface area (Å²) in [5.41, 5.74) is -0.814. The van der Waals surface area contributed by atoms with Crippen molar-refractivity contribution in [1.29, 1.82) is 5.26 Å². The Kier molecular flexibility index (Phi) is 4.00. The number of nitriles is 1. The molecule has 20 heavy (non-hydrogen) atoms. The summed E-state index contributed by atoms with van der Waals surface area (Å²) in [6.45, 7) is 0.529. The van der Waals surface area contributed by atoms with E-state index in [4.69, 9.17) is 5.26 Å². The third kappa shape index (κ3) is 3.11. The van der Waals surface area contributed by atoms with Crippen LogP contribution >= 0.6 is 11.3 Å². The van der Waals surface area contributed by atoms with Gasteiger partial charge in [0, 0.05) is 17.6 Å². The van der Waals surface area contributed by atoms with Crippen LogP contribution in [0.1, 0.15) is 16.0 Å². The second-order valence-electron chi connectivity index (χ2n) is 4.27. The minimum atomic E-state index is -4.52. The average Bonchev–Trinajstić information content (AvgIpc) is 2.89. The first kappa shape index (κ1) is 14.4. The Hall–Kier alpha value is -2.00. The highest BCUT2D eigenvalue weighted by Gasteiger charge is 2.34. The molecule has 0 aliphatic carbocycles. The van der Waals surface area contributed by atoms with Crippen molar-refractivity contribution < 1.29 is 13.2 Å². The van der Waals surface area contributed by atoms with Gasteiger partial charge in [0.25, 0.3) is 0 Å². The Morgan fingerprint density at radius 2 is 2.05 bits per heavy atom. The monoisotopic (exact) mass is 296 g/mol. The summed E-state index contributed by atoms with van der Waals surface area (Å²) in [6, 6.07) is 9.16. The summed E-state index contributed by atoms with van der Waals surface area (Å²) in [4.78, 5) is 2.79. The number of rotatable bonds is 3. The maximum absolute atomic E-state index is 12.9. The lowest BCUT2D eigenvalue weighted by Crippen LogP contribution is -2.17. The Labute approximate surface area is 118 Å². The summed E-state index contributed by atoms with van der Waals surface area (Å²) in [5, 5.41) is 10.7. The zero-order valence-electron chi connectivity index (χ0n) is 10.6. The number of nitrogens with zero attached hydrogens (tertiary/aromatic N) is 2. The molecule has 0 amide bonds. The molecule has 0 aliphatic heterocycles. The molecule has 2 aromatic rings. The fraction of sp³-hybridized carbons (Fsp3) is 0.214. The van der Waals surface area contributed by atoms with E-state index in [2.05, 4.69) is 0 Å². The second kappa shape index (κ2) is 5.55. The molecule has 0 N–H and O–H groups in total. The van der Waals surface area contributed by atoms with E-state index in [1.54, 1.807) is 29.4 Å². The number of hydrogen-bond acceptors (Lipinski definition) is 3. The van der Waals surface area contributed by atoms with Crippen LogP contribution in [0.2, 0.25) is 0 Å². The molecule has 0 unspecified atom stereocenters. The molecule has 104 valence electrons. The highest BCUT2D eigenvalue weighted by molar-refractivity contribution is 7.09. The largest absolute Gasteiger partial charge is 0.417 e. The topological polar surface area (TPSA) is 27.0 Å². The van der Waals surface area contributed by atoms with Gasteiger partial charge in [-0.3, -0.25) is 0 Å². The molecule has 0 radical (unpaired) electrons. The zero-order chi connectivity index (χ0) is 14.8. The van der Waals surface area contributed by atoms with E-state index in [0.717, 1.165) is 10.9 Å². The predicted molar refractivity (Wildman–Crippen MR) is 72.6 cm³/mol. The first-order valence-corrected chi connectivity index (χ1v) is 6.64. The Morgan fingerprint density at radius 1 is 1.30 bits per heavy atom. The van der Waals surface area contributed by atoms with Gasteiger partial charge in [-0.25, -0.2) is 0 Å². The number of halogens is 3. The molecule has 2 rings (SSSR count). The van der Waals surface area contributed by atoms with Crippen molar-refractivity contribution in [2.75, 3.05) is 11.9 Å². The third-order valence-corrected chi connectivity index (χ3v) is 3.70.